The second kappa shape index (κ2) is 12.9. The predicted molar refractivity (Wildman–Crippen MR) is 79.5 cm³/mol. The summed E-state index contributed by atoms with van der Waals surface area (Å²) in [5, 5.41) is 12.5. The molecule has 0 fully saturated rings. The topological polar surface area (TPSA) is 35.8 Å². The molecule has 1 unspecified atom stereocenters. The van der Waals surface area contributed by atoms with E-state index in [0.717, 1.165) is 6.42 Å². The van der Waals surface area contributed by atoms with Crippen LogP contribution in [-0.4, -0.2) is 12.1 Å². The lowest BCUT2D eigenvalue weighted by atomic mass is 10.00. The van der Waals surface area contributed by atoms with Crippen LogP contribution < -0.4 is 5.32 Å². The Kier molecular flexibility index (Phi) is 12.5. The SMILES string of the molecule is CCCCCC(CCCCC)NC(CC)CC#N. The van der Waals surface area contributed by atoms with E-state index in [1.165, 1.54) is 51.4 Å². The van der Waals surface area contributed by atoms with Crippen molar-refractivity contribution in [3.8, 4) is 6.07 Å². The highest BCUT2D eigenvalue weighted by Crippen LogP contribution is 2.13. The van der Waals surface area contributed by atoms with E-state index in [2.05, 4.69) is 32.2 Å². The van der Waals surface area contributed by atoms with Crippen molar-refractivity contribution in [2.24, 2.45) is 0 Å². The Bertz CT molecular complexity index is 198. The van der Waals surface area contributed by atoms with Crippen LogP contribution in [0.2, 0.25) is 0 Å². The molecule has 18 heavy (non-hydrogen) atoms. The van der Waals surface area contributed by atoms with Crippen molar-refractivity contribution in [2.75, 3.05) is 0 Å². The van der Waals surface area contributed by atoms with Crippen LogP contribution in [0.3, 0.4) is 0 Å². The number of nitriles is 1. The molecule has 0 heterocycles. The Morgan fingerprint density at radius 2 is 1.44 bits per heavy atom. The van der Waals surface area contributed by atoms with Gasteiger partial charge in [0.25, 0.3) is 0 Å². The van der Waals surface area contributed by atoms with E-state index in [-0.39, 0.29) is 0 Å². The Morgan fingerprint density at radius 3 is 1.83 bits per heavy atom. The molecule has 0 amide bonds. The molecule has 2 heteroatoms. The first-order valence-electron chi connectivity index (χ1n) is 7.91. The molecule has 1 atom stereocenters. The van der Waals surface area contributed by atoms with Crippen molar-refractivity contribution >= 4 is 0 Å². The average Bonchev–Trinajstić information content (AvgIpc) is 2.38. The van der Waals surface area contributed by atoms with Gasteiger partial charge in [0.05, 0.1) is 12.5 Å². The second-order valence-electron chi connectivity index (χ2n) is 5.32. The molecular weight excluding hydrogens is 220 g/mol. The fourth-order valence-corrected chi connectivity index (χ4v) is 2.36. The van der Waals surface area contributed by atoms with E-state index >= 15 is 0 Å². The number of nitrogens with one attached hydrogen (secondary N) is 1. The first-order valence-corrected chi connectivity index (χ1v) is 7.91. The van der Waals surface area contributed by atoms with E-state index in [1.54, 1.807) is 0 Å². The monoisotopic (exact) mass is 252 g/mol. The minimum Gasteiger partial charge on any atom is -0.310 e. The van der Waals surface area contributed by atoms with Gasteiger partial charge in [-0.2, -0.15) is 5.26 Å². The first kappa shape index (κ1) is 17.4. The summed E-state index contributed by atoms with van der Waals surface area (Å²) in [6.07, 6.45) is 12.2. The molecule has 0 spiro atoms. The molecule has 0 aliphatic carbocycles. The minimum atomic E-state index is 0.392. The third kappa shape index (κ3) is 9.48. The summed E-state index contributed by atoms with van der Waals surface area (Å²) >= 11 is 0. The zero-order valence-corrected chi connectivity index (χ0v) is 12.7. The Morgan fingerprint density at radius 1 is 0.889 bits per heavy atom. The van der Waals surface area contributed by atoms with Gasteiger partial charge >= 0.3 is 0 Å². The van der Waals surface area contributed by atoms with Crippen molar-refractivity contribution in [1.82, 2.24) is 5.32 Å². The van der Waals surface area contributed by atoms with Crippen molar-refractivity contribution < 1.29 is 0 Å². The quantitative estimate of drug-likeness (QED) is 0.506. The molecule has 0 rings (SSSR count). The zero-order chi connectivity index (χ0) is 13.6. The van der Waals surface area contributed by atoms with E-state index in [4.69, 9.17) is 5.26 Å². The summed E-state index contributed by atoms with van der Waals surface area (Å²) in [5.74, 6) is 0. The molecule has 0 aromatic rings. The first-order chi connectivity index (χ1) is 8.78. The lowest BCUT2D eigenvalue weighted by Crippen LogP contribution is -2.37. The van der Waals surface area contributed by atoms with Gasteiger partial charge in [-0.1, -0.05) is 59.3 Å². The summed E-state index contributed by atoms with van der Waals surface area (Å²) in [4.78, 5) is 0. The number of unbranched alkanes of at least 4 members (excludes halogenated alkanes) is 4. The van der Waals surface area contributed by atoms with Crippen LogP contribution in [0.5, 0.6) is 0 Å². The third-order valence-electron chi connectivity index (χ3n) is 3.61. The van der Waals surface area contributed by atoms with Crippen LogP contribution in [0, 0.1) is 11.3 Å². The predicted octanol–water partition coefficient (Wildman–Crippen LogP) is 4.80. The Labute approximate surface area is 114 Å². The van der Waals surface area contributed by atoms with Crippen LogP contribution in [0.4, 0.5) is 0 Å². The molecule has 0 saturated heterocycles. The largest absolute Gasteiger partial charge is 0.310 e. The molecular formula is C16H32N2. The maximum absolute atomic E-state index is 8.82. The minimum absolute atomic E-state index is 0.392. The van der Waals surface area contributed by atoms with Gasteiger partial charge in [0.1, 0.15) is 0 Å². The van der Waals surface area contributed by atoms with E-state index in [9.17, 15) is 0 Å². The number of nitrogens with zero attached hydrogens (tertiary/aromatic N) is 1. The summed E-state index contributed by atoms with van der Waals surface area (Å²) in [6, 6.07) is 3.31. The summed E-state index contributed by atoms with van der Waals surface area (Å²) in [5.41, 5.74) is 0. The Hall–Kier alpha value is -0.550. The van der Waals surface area contributed by atoms with Gasteiger partial charge in [0.2, 0.25) is 0 Å². The molecule has 106 valence electrons. The Balaban J connectivity index is 4.04. The van der Waals surface area contributed by atoms with Crippen molar-refractivity contribution in [2.45, 2.75) is 97.1 Å². The van der Waals surface area contributed by atoms with Crippen molar-refractivity contribution in [3.05, 3.63) is 0 Å². The molecule has 1 N–H and O–H groups in total. The van der Waals surface area contributed by atoms with Crippen LogP contribution >= 0.6 is 0 Å². The van der Waals surface area contributed by atoms with Crippen LogP contribution in [0.25, 0.3) is 0 Å². The molecule has 0 aromatic carbocycles. The lowest BCUT2D eigenvalue weighted by molar-refractivity contribution is 0.364. The van der Waals surface area contributed by atoms with Gasteiger partial charge in [-0.05, 0) is 19.3 Å². The van der Waals surface area contributed by atoms with Gasteiger partial charge in [-0.25, -0.2) is 0 Å². The van der Waals surface area contributed by atoms with Gasteiger partial charge in [-0.3, -0.25) is 0 Å². The van der Waals surface area contributed by atoms with E-state index in [0.29, 0.717) is 18.5 Å². The van der Waals surface area contributed by atoms with Crippen LogP contribution in [-0.2, 0) is 0 Å². The van der Waals surface area contributed by atoms with Gasteiger partial charge in [-0.15, -0.1) is 0 Å². The van der Waals surface area contributed by atoms with Crippen LogP contribution in [0.1, 0.15) is 85.0 Å². The fraction of sp³-hybridized carbons (Fsp3) is 0.938. The summed E-state index contributed by atoms with van der Waals surface area (Å²) < 4.78 is 0. The smallest absolute Gasteiger partial charge is 0.0638 e. The maximum atomic E-state index is 8.82. The molecule has 0 aliphatic heterocycles. The number of rotatable bonds is 12. The van der Waals surface area contributed by atoms with E-state index < -0.39 is 0 Å². The lowest BCUT2D eigenvalue weighted by Gasteiger charge is -2.24. The van der Waals surface area contributed by atoms with Crippen molar-refractivity contribution in [3.63, 3.8) is 0 Å². The zero-order valence-electron chi connectivity index (χ0n) is 12.7. The highest BCUT2D eigenvalue weighted by Gasteiger charge is 2.13. The van der Waals surface area contributed by atoms with Crippen LogP contribution in [0.15, 0.2) is 0 Å². The number of hydrogen-bond donors (Lipinski definition) is 1. The molecule has 0 saturated carbocycles. The summed E-state index contributed by atoms with van der Waals surface area (Å²) in [7, 11) is 0. The van der Waals surface area contributed by atoms with Gasteiger partial charge < -0.3 is 5.32 Å². The number of hydrogen-bond acceptors (Lipinski definition) is 2. The third-order valence-corrected chi connectivity index (χ3v) is 3.61. The average molecular weight is 252 g/mol. The highest BCUT2D eigenvalue weighted by atomic mass is 14.9. The molecule has 0 aromatic heterocycles. The molecule has 2 nitrogen and oxygen atoms in total. The normalized spacial score (nSPS) is 12.6. The van der Waals surface area contributed by atoms with Crippen molar-refractivity contribution in [1.29, 1.82) is 5.26 Å². The standard InChI is InChI=1S/C16H32N2/c1-4-7-9-11-16(12-10-8-5-2)18-15(6-3)13-14-17/h15-16,18H,4-13H2,1-3H3. The summed E-state index contributed by atoms with van der Waals surface area (Å²) in [6.45, 7) is 6.68. The van der Waals surface area contributed by atoms with E-state index in [1.807, 2.05) is 0 Å². The molecule has 0 aliphatic rings. The second-order valence-corrected chi connectivity index (χ2v) is 5.32. The fourth-order valence-electron chi connectivity index (χ4n) is 2.36. The highest BCUT2D eigenvalue weighted by molar-refractivity contribution is 4.82. The van der Waals surface area contributed by atoms with Gasteiger partial charge in [0, 0.05) is 12.1 Å². The maximum Gasteiger partial charge on any atom is 0.0638 e. The molecule has 0 bridgehead atoms. The molecule has 0 radical (unpaired) electrons. The van der Waals surface area contributed by atoms with Gasteiger partial charge in [0.15, 0.2) is 0 Å².